The molecule has 0 aliphatic heterocycles. The van der Waals surface area contributed by atoms with Crippen LogP contribution < -0.4 is 0 Å². The Bertz CT molecular complexity index is 3380. The van der Waals surface area contributed by atoms with Gasteiger partial charge in [0.05, 0.1) is 72.4 Å². The highest BCUT2D eigenvalue weighted by Gasteiger charge is 2.48. The van der Waals surface area contributed by atoms with Crippen LogP contribution in [0.25, 0.3) is 44.5 Å². The molecule has 7 aromatic rings. The van der Waals surface area contributed by atoms with Crippen LogP contribution in [0.4, 0.5) is 5.69 Å². The topological polar surface area (TPSA) is 231 Å². The first-order valence-electron chi connectivity index (χ1n) is 26.0. The number of carbonyl (C=O) groups is 6. The lowest BCUT2D eigenvalue weighted by molar-refractivity contribution is -0.142. The minimum atomic E-state index is -1.35. The number of likely N-dealkylation sites (N-methyl/N-ethyl adjacent to an activating group) is 2. The molecule has 16 nitrogen and oxygen atoms in total. The van der Waals surface area contributed by atoms with E-state index in [1.165, 1.54) is 0 Å². The zero-order valence-electron chi connectivity index (χ0n) is 44.2. The molecule has 0 atom stereocenters. The number of hydrogen-bond donors (Lipinski definition) is 4. The summed E-state index contributed by atoms with van der Waals surface area (Å²) in [6.07, 6.45) is 0.484. The maximum atomic E-state index is 12.6. The first-order chi connectivity index (χ1) is 38.5. The van der Waals surface area contributed by atoms with Crippen LogP contribution in [-0.4, -0.2) is 120 Å². The van der Waals surface area contributed by atoms with E-state index in [9.17, 15) is 49.2 Å². The van der Waals surface area contributed by atoms with Crippen LogP contribution in [-0.2, 0) is 72.2 Å². The number of benzene rings is 5. The molecular formula is C63H58N6O10S. The van der Waals surface area contributed by atoms with Gasteiger partial charge in [0.15, 0.2) is 0 Å². The maximum absolute atomic E-state index is 12.6. The van der Waals surface area contributed by atoms with Gasteiger partial charge in [0.25, 0.3) is 0 Å². The molecule has 0 bridgehead atoms. The second-order valence-corrected chi connectivity index (χ2v) is 21.0. The van der Waals surface area contributed by atoms with Crippen molar-refractivity contribution in [2.45, 2.75) is 69.1 Å². The number of aliphatic imine (C=N–C) groups is 1. The zero-order valence-corrected chi connectivity index (χ0v) is 45.0. The fraction of sp³-hybridized carbons (Fsp3) is 0.254. The summed E-state index contributed by atoms with van der Waals surface area (Å²) in [6.45, 7) is 2.00. The van der Waals surface area contributed by atoms with E-state index in [4.69, 9.17) is 22.2 Å². The van der Waals surface area contributed by atoms with Gasteiger partial charge in [-0.05, 0) is 154 Å². The number of rotatable bonds is 26. The lowest BCUT2D eigenvalue weighted by Gasteiger charge is -2.29. The lowest BCUT2D eigenvalue weighted by atomic mass is 9.72. The Morgan fingerprint density at radius 2 is 0.900 bits per heavy atom. The lowest BCUT2D eigenvalue weighted by Crippen LogP contribution is -2.31. The Hall–Kier alpha value is -8.70. The largest absolute Gasteiger partial charge is 0.481 e. The molecule has 2 aliphatic rings. The van der Waals surface area contributed by atoms with Crippen molar-refractivity contribution in [3.8, 4) is 44.5 Å². The van der Waals surface area contributed by atoms with Gasteiger partial charge in [0, 0.05) is 43.6 Å². The molecule has 9 rings (SSSR count). The molecule has 2 heterocycles. The van der Waals surface area contributed by atoms with Crippen molar-refractivity contribution in [2.75, 3.05) is 33.7 Å². The monoisotopic (exact) mass is 1090 g/mol. The van der Waals surface area contributed by atoms with Crippen molar-refractivity contribution in [3.63, 3.8) is 0 Å². The molecule has 0 fully saturated rings. The number of carboxylic acid groups (broad SMARTS) is 4. The van der Waals surface area contributed by atoms with Crippen molar-refractivity contribution < 1.29 is 49.2 Å². The molecule has 0 saturated carbocycles. The molecule has 0 saturated heterocycles. The van der Waals surface area contributed by atoms with Crippen LogP contribution in [0.5, 0.6) is 0 Å². The SMILES string of the molecule is CN(CC=O)Cc1cc(-c2ccc3c(c2)C(CC(=O)O)(CC(=O)O)c2ccccc2-3)cc(CN(CCc2ccc(N=C=S)cc2)Cc2cc(-c3ccc4c(c3)C(CC(=O)O)(CC(=O)O)c3ccccc3-4)cc(CN(C)CC=O)n2)n1. The highest BCUT2D eigenvalue weighted by molar-refractivity contribution is 7.78. The smallest absolute Gasteiger partial charge is 0.304 e. The van der Waals surface area contributed by atoms with Crippen molar-refractivity contribution in [1.82, 2.24) is 24.7 Å². The summed E-state index contributed by atoms with van der Waals surface area (Å²) in [7, 11) is 3.63. The van der Waals surface area contributed by atoms with Gasteiger partial charge in [-0.3, -0.25) is 43.8 Å². The molecule has 0 unspecified atom stereocenters. The second kappa shape index (κ2) is 24.1. The van der Waals surface area contributed by atoms with E-state index in [1.54, 1.807) is 24.3 Å². The quantitative estimate of drug-likeness (QED) is 0.0225. The predicted molar refractivity (Wildman–Crippen MR) is 305 cm³/mol. The van der Waals surface area contributed by atoms with E-state index in [0.29, 0.717) is 89.9 Å². The molecule has 4 N–H and O–H groups in total. The molecule has 17 heteroatoms. The number of carbonyl (C=O) groups excluding carboxylic acids is 2. The van der Waals surface area contributed by atoms with Gasteiger partial charge in [-0.25, -0.2) is 0 Å². The molecule has 5 aromatic carbocycles. The van der Waals surface area contributed by atoms with Gasteiger partial charge in [-0.15, -0.1) is 0 Å². The van der Waals surface area contributed by atoms with Gasteiger partial charge >= 0.3 is 23.9 Å². The van der Waals surface area contributed by atoms with E-state index in [2.05, 4.69) is 15.1 Å². The van der Waals surface area contributed by atoms with E-state index < -0.39 is 60.4 Å². The average molecular weight is 1090 g/mol. The van der Waals surface area contributed by atoms with Crippen molar-refractivity contribution in [1.29, 1.82) is 0 Å². The molecular weight excluding hydrogens is 1030 g/mol. The highest BCUT2D eigenvalue weighted by Crippen LogP contribution is 2.55. The summed E-state index contributed by atoms with van der Waals surface area (Å²) in [5, 5.41) is 43.7. The first-order valence-corrected chi connectivity index (χ1v) is 26.4. The molecule has 0 radical (unpaired) electrons. The third-order valence-electron chi connectivity index (χ3n) is 15.1. The van der Waals surface area contributed by atoms with E-state index in [0.717, 1.165) is 62.6 Å². The number of aldehydes is 2. The number of fused-ring (bicyclic) bond motifs is 6. The highest BCUT2D eigenvalue weighted by atomic mass is 32.1. The summed E-state index contributed by atoms with van der Waals surface area (Å²) >= 11 is 4.84. The standard InChI is InChI=1S/C63H58N6O10S/c1-67(21-23-70)35-46-25-43(41-13-17-52-50-7-3-5-9-54(50)62(31-58(72)73,32-59(74)75)56(52)29-41)27-48(65-46)37-69(20-19-40-11-15-45(16-12-40)64-39-80)38-49-28-44(26-47(66-49)36-68(2)22-24-71)42-14-18-53-51-8-4-6-10-55(51)63(33-60(76)77,34-61(78)79)57(53)30-42/h3-18,23-30H,19-22,31-38H2,1-2H3,(H,72,73)(H,74,75)(H,76,77)(H,78,79). The summed E-state index contributed by atoms with van der Waals surface area (Å²) < 4.78 is 0. The van der Waals surface area contributed by atoms with Crippen molar-refractivity contribution >= 4 is 59.5 Å². The van der Waals surface area contributed by atoms with Gasteiger partial charge in [-0.1, -0.05) is 84.9 Å². The third-order valence-corrected chi connectivity index (χ3v) is 15.2. The van der Waals surface area contributed by atoms with Gasteiger partial charge < -0.3 is 30.0 Å². The fourth-order valence-electron chi connectivity index (χ4n) is 11.8. The summed E-state index contributed by atoms with van der Waals surface area (Å²) in [5.74, 6) is -4.51. The second-order valence-electron chi connectivity index (χ2n) is 20.8. The Balaban J connectivity index is 1.15. The minimum Gasteiger partial charge on any atom is -0.481 e. The van der Waals surface area contributed by atoms with Crippen molar-refractivity contribution in [3.05, 3.63) is 184 Å². The maximum Gasteiger partial charge on any atom is 0.304 e. The first kappa shape index (κ1) is 56.0. The Kier molecular flexibility index (Phi) is 16.9. The number of isothiocyanates is 1. The van der Waals surface area contributed by atoms with Crippen LogP contribution in [0.2, 0.25) is 0 Å². The van der Waals surface area contributed by atoms with Gasteiger partial charge in [0.2, 0.25) is 0 Å². The van der Waals surface area contributed by atoms with E-state index in [-0.39, 0.29) is 13.1 Å². The summed E-state index contributed by atoms with van der Waals surface area (Å²) in [5.41, 5.74) is 10.1. The molecule has 0 spiro atoms. The number of thiocarbonyl (C=S) groups is 1. The normalized spacial score (nSPS) is 13.3. The van der Waals surface area contributed by atoms with E-state index in [1.807, 2.05) is 133 Å². The van der Waals surface area contributed by atoms with Crippen LogP contribution >= 0.6 is 12.2 Å². The third kappa shape index (κ3) is 12.1. The molecule has 80 heavy (non-hydrogen) atoms. The molecule has 2 aromatic heterocycles. The van der Waals surface area contributed by atoms with Crippen LogP contribution in [0.3, 0.4) is 0 Å². The number of aromatic nitrogens is 2. The molecule has 2 aliphatic carbocycles. The van der Waals surface area contributed by atoms with Gasteiger partial charge in [-0.2, -0.15) is 4.99 Å². The molecule has 0 amide bonds. The number of hydrogen-bond acceptors (Lipinski definition) is 13. The van der Waals surface area contributed by atoms with Gasteiger partial charge in [0.1, 0.15) is 12.6 Å². The molecule has 406 valence electrons. The Morgan fingerprint density at radius 1 is 0.512 bits per heavy atom. The average Bonchev–Trinajstić information content (AvgIpc) is 3.93. The predicted octanol–water partition coefficient (Wildman–Crippen LogP) is 9.48. The summed E-state index contributed by atoms with van der Waals surface area (Å²) in [6, 6.07) is 41.7. The minimum absolute atomic E-state index is 0.148. The zero-order chi connectivity index (χ0) is 56.7. The van der Waals surface area contributed by atoms with Crippen LogP contribution in [0, 0.1) is 0 Å². The van der Waals surface area contributed by atoms with Crippen LogP contribution in [0.15, 0.2) is 138 Å². The number of nitrogens with zero attached hydrogens (tertiary/aromatic N) is 6. The number of carboxylic acids is 4. The fourth-order valence-corrected chi connectivity index (χ4v) is 11.9. The number of aliphatic carboxylic acids is 4. The summed E-state index contributed by atoms with van der Waals surface area (Å²) in [4.78, 5) is 94.4. The van der Waals surface area contributed by atoms with E-state index >= 15 is 0 Å². The Morgan fingerprint density at radius 3 is 1.29 bits per heavy atom. The number of pyridine rings is 2. The Labute approximate surface area is 467 Å². The van der Waals surface area contributed by atoms with Crippen LogP contribution in [0.1, 0.15) is 76.3 Å². The van der Waals surface area contributed by atoms with Crippen molar-refractivity contribution in [2.24, 2.45) is 4.99 Å².